The summed E-state index contributed by atoms with van der Waals surface area (Å²) in [4.78, 5) is 0. The number of hydrogen-bond donors (Lipinski definition) is 3. The van der Waals surface area contributed by atoms with Crippen molar-refractivity contribution in [2.75, 3.05) is 18.5 Å². The lowest BCUT2D eigenvalue weighted by atomic mass is 10.1. The van der Waals surface area contributed by atoms with Crippen LogP contribution in [0.4, 0.5) is 5.69 Å². The predicted octanol–water partition coefficient (Wildman–Crippen LogP) is 1.55. The standard InChI is InChI=1S/C14H18N2O2/c1-11-13(15-9-12(18)10-17)5-4-6-14(11)16-7-2-3-8-16/h2-8,12,15,17-18H,9-10H2,1H3. The Morgan fingerprint density at radius 3 is 2.61 bits per heavy atom. The van der Waals surface area contributed by atoms with E-state index in [0.29, 0.717) is 6.54 Å². The molecular weight excluding hydrogens is 228 g/mol. The highest BCUT2D eigenvalue weighted by Gasteiger charge is 2.06. The van der Waals surface area contributed by atoms with Gasteiger partial charge in [-0.25, -0.2) is 0 Å². The predicted molar refractivity (Wildman–Crippen MR) is 72.1 cm³/mol. The van der Waals surface area contributed by atoms with Crippen LogP contribution in [-0.4, -0.2) is 34.0 Å². The van der Waals surface area contributed by atoms with Crippen LogP contribution in [0.3, 0.4) is 0 Å². The molecule has 1 heterocycles. The smallest absolute Gasteiger partial charge is 0.0942 e. The summed E-state index contributed by atoms with van der Waals surface area (Å²) in [6.07, 6.45) is 3.25. The topological polar surface area (TPSA) is 57.4 Å². The second-order valence-electron chi connectivity index (χ2n) is 4.26. The first kappa shape index (κ1) is 12.7. The van der Waals surface area contributed by atoms with E-state index in [9.17, 15) is 5.11 Å². The van der Waals surface area contributed by atoms with Crippen LogP contribution in [0, 0.1) is 6.92 Å². The molecule has 96 valence electrons. The van der Waals surface area contributed by atoms with E-state index in [2.05, 4.69) is 5.32 Å². The fourth-order valence-electron chi connectivity index (χ4n) is 1.88. The van der Waals surface area contributed by atoms with E-state index in [1.54, 1.807) is 0 Å². The number of nitrogens with one attached hydrogen (secondary N) is 1. The Hall–Kier alpha value is -1.78. The molecule has 1 aromatic heterocycles. The van der Waals surface area contributed by atoms with Crippen molar-refractivity contribution in [3.8, 4) is 5.69 Å². The highest BCUT2D eigenvalue weighted by molar-refractivity contribution is 5.59. The minimum atomic E-state index is -0.736. The Bertz CT molecular complexity index is 495. The minimum Gasteiger partial charge on any atom is -0.394 e. The highest BCUT2D eigenvalue weighted by atomic mass is 16.3. The molecule has 2 aromatic rings. The van der Waals surface area contributed by atoms with E-state index in [4.69, 9.17) is 5.11 Å². The lowest BCUT2D eigenvalue weighted by molar-refractivity contribution is 0.105. The third-order valence-electron chi connectivity index (χ3n) is 2.93. The van der Waals surface area contributed by atoms with E-state index in [-0.39, 0.29) is 6.61 Å². The first-order chi connectivity index (χ1) is 8.72. The number of nitrogens with zero attached hydrogens (tertiary/aromatic N) is 1. The van der Waals surface area contributed by atoms with Gasteiger partial charge in [0.25, 0.3) is 0 Å². The number of anilines is 1. The second-order valence-corrected chi connectivity index (χ2v) is 4.26. The lowest BCUT2D eigenvalue weighted by Crippen LogP contribution is -2.23. The van der Waals surface area contributed by atoms with Gasteiger partial charge in [0.2, 0.25) is 0 Å². The lowest BCUT2D eigenvalue weighted by Gasteiger charge is -2.15. The van der Waals surface area contributed by atoms with Crippen LogP contribution in [0.15, 0.2) is 42.7 Å². The quantitative estimate of drug-likeness (QED) is 0.750. The number of hydrogen-bond acceptors (Lipinski definition) is 3. The van der Waals surface area contributed by atoms with Crippen LogP contribution in [0.1, 0.15) is 5.56 Å². The molecular formula is C14H18N2O2. The fraction of sp³-hybridized carbons (Fsp3) is 0.286. The van der Waals surface area contributed by atoms with Crippen LogP contribution in [0.2, 0.25) is 0 Å². The van der Waals surface area contributed by atoms with Gasteiger partial charge in [0.1, 0.15) is 0 Å². The third kappa shape index (κ3) is 2.72. The summed E-state index contributed by atoms with van der Waals surface area (Å²) in [7, 11) is 0. The zero-order valence-corrected chi connectivity index (χ0v) is 10.4. The van der Waals surface area contributed by atoms with Gasteiger partial charge in [0, 0.05) is 30.3 Å². The van der Waals surface area contributed by atoms with Gasteiger partial charge < -0.3 is 20.1 Å². The van der Waals surface area contributed by atoms with Crippen molar-refractivity contribution in [1.29, 1.82) is 0 Å². The Kier molecular flexibility index (Phi) is 4.02. The molecule has 0 fully saturated rings. The molecule has 3 N–H and O–H groups in total. The monoisotopic (exact) mass is 246 g/mol. The van der Waals surface area contributed by atoms with Crippen LogP contribution in [-0.2, 0) is 0 Å². The van der Waals surface area contributed by atoms with Crippen molar-refractivity contribution in [3.05, 3.63) is 48.3 Å². The van der Waals surface area contributed by atoms with Gasteiger partial charge in [-0.15, -0.1) is 0 Å². The summed E-state index contributed by atoms with van der Waals surface area (Å²) < 4.78 is 2.04. The maximum absolute atomic E-state index is 9.35. The summed E-state index contributed by atoms with van der Waals surface area (Å²) in [5.74, 6) is 0. The van der Waals surface area contributed by atoms with Gasteiger partial charge in [0.15, 0.2) is 0 Å². The average molecular weight is 246 g/mol. The molecule has 4 nitrogen and oxygen atoms in total. The van der Waals surface area contributed by atoms with Gasteiger partial charge in [-0.2, -0.15) is 0 Å². The highest BCUT2D eigenvalue weighted by Crippen LogP contribution is 2.22. The number of benzene rings is 1. The first-order valence-corrected chi connectivity index (χ1v) is 5.98. The van der Waals surface area contributed by atoms with Crippen molar-refractivity contribution in [3.63, 3.8) is 0 Å². The maximum atomic E-state index is 9.35. The molecule has 1 atom stereocenters. The summed E-state index contributed by atoms with van der Waals surface area (Å²) in [6, 6.07) is 9.94. The van der Waals surface area contributed by atoms with Crippen molar-refractivity contribution in [2.45, 2.75) is 13.0 Å². The molecule has 1 unspecified atom stereocenters. The molecule has 0 aliphatic carbocycles. The van der Waals surface area contributed by atoms with Gasteiger partial charge in [0.05, 0.1) is 12.7 Å². The SMILES string of the molecule is Cc1c(NCC(O)CO)cccc1-n1cccc1. The average Bonchev–Trinajstić information content (AvgIpc) is 2.91. The molecule has 0 aliphatic rings. The minimum absolute atomic E-state index is 0.233. The van der Waals surface area contributed by atoms with E-state index < -0.39 is 6.10 Å². The number of aliphatic hydroxyl groups excluding tert-OH is 2. The number of rotatable bonds is 5. The third-order valence-corrected chi connectivity index (χ3v) is 2.93. The zero-order chi connectivity index (χ0) is 13.0. The van der Waals surface area contributed by atoms with Crippen LogP contribution in [0.5, 0.6) is 0 Å². The number of aliphatic hydroxyl groups is 2. The van der Waals surface area contributed by atoms with E-state index in [0.717, 1.165) is 16.9 Å². The van der Waals surface area contributed by atoms with Crippen molar-refractivity contribution in [2.24, 2.45) is 0 Å². The summed E-state index contributed by atoms with van der Waals surface area (Å²) >= 11 is 0. The first-order valence-electron chi connectivity index (χ1n) is 5.98. The van der Waals surface area contributed by atoms with Crippen LogP contribution >= 0.6 is 0 Å². The van der Waals surface area contributed by atoms with Gasteiger partial charge in [-0.3, -0.25) is 0 Å². The molecule has 0 amide bonds. The van der Waals surface area contributed by atoms with Crippen LogP contribution in [0.25, 0.3) is 5.69 Å². The summed E-state index contributed by atoms with van der Waals surface area (Å²) in [5, 5.41) is 21.3. The Balaban J connectivity index is 2.20. The second kappa shape index (κ2) is 5.71. The molecule has 4 heteroatoms. The molecule has 1 aromatic carbocycles. The molecule has 2 rings (SSSR count). The van der Waals surface area contributed by atoms with Gasteiger partial charge in [-0.05, 0) is 36.8 Å². The van der Waals surface area contributed by atoms with Crippen LogP contribution < -0.4 is 5.32 Å². The fourth-order valence-corrected chi connectivity index (χ4v) is 1.88. The Labute approximate surface area is 107 Å². The summed E-state index contributed by atoms with van der Waals surface area (Å²) in [5.41, 5.74) is 3.18. The van der Waals surface area contributed by atoms with Gasteiger partial charge >= 0.3 is 0 Å². The van der Waals surface area contributed by atoms with Crippen molar-refractivity contribution in [1.82, 2.24) is 4.57 Å². The molecule has 0 radical (unpaired) electrons. The van der Waals surface area contributed by atoms with Crippen molar-refractivity contribution < 1.29 is 10.2 Å². The summed E-state index contributed by atoms with van der Waals surface area (Å²) in [6.45, 7) is 2.14. The van der Waals surface area contributed by atoms with E-state index >= 15 is 0 Å². The molecule has 0 aliphatic heterocycles. The Morgan fingerprint density at radius 1 is 1.22 bits per heavy atom. The van der Waals surface area contributed by atoms with E-state index in [1.807, 2.05) is 54.2 Å². The molecule has 0 saturated heterocycles. The number of aromatic nitrogens is 1. The molecule has 0 bridgehead atoms. The van der Waals surface area contributed by atoms with Gasteiger partial charge in [-0.1, -0.05) is 6.07 Å². The largest absolute Gasteiger partial charge is 0.394 e. The van der Waals surface area contributed by atoms with E-state index in [1.165, 1.54) is 0 Å². The normalized spacial score (nSPS) is 12.4. The molecule has 0 saturated carbocycles. The molecule has 0 spiro atoms. The molecule has 18 heavy (non-hydrogen) atoms. The maximum Gasteiger partial charge on any atom is 0.0942 e. The Morgan fingerprint density at radius 2 is 1.94 bits per heavy atom. The van der Waals surface area contributed by atoms with Crippen molar-refractivity contribution >= 4 is 5.69 Å². The zero-order valence-electron chi connectivity index (χ0n) is 10.4.